The van der Waals surface area contributed by atoms with Crippen LogP contribution in [0.5, 0.6) is 5.75 Å². The lowest BCUT2D eigenvalue weighted by Gasteiger charge is -2.32. The van der Waals surface area contributed by atoms with E-state index in [0.29, 0.717) is 5.56 Å². The summed E-state index contributed by atoms with van der Waals surface area (Å²) >= 11 is 0. The number of aryl methyl sites for hydroxylation is 1. The van der Waals surface area contributed by atoms with Crippen LogP contribution in [0.1, 0.15) is 38.8 Å². The Morgan fingerprint density at radius 1 is 1.08 bits per heavy atom. The van der Waals surface area contributed by atoms with Gasteiger partial charge in [-0.3, -0.25) is 0 Å². The molecule has 0 N–H and O–H groups in total. The average molecular weight is 346 g/mol. The number of methoxy groups -OCH3 is 1. The number of hydrogen-bond acceptors (Lipinski definition) is 4. The number of ether oxygens (including phenoxy) is 2. The van der Waals surface area contributed by atoms with E-state index in [-0.39, 0.29) is 18.0 Å². The van der Waals surface area contributed by atoms with Crippen LogP contribution in [0.15, 0.2) is 12.1 Å². The van der Waals surface area contributed by atoms with Crippen molar-refractivity contribution in [3.8, 4) is 5.75 Å². The summed E-state index contributed by atoms with van der Waals surface area (Å²) in [5.41, 5.74) is -2.09. The highest BCUT2D eigenvalue weighted by Crippen LogP contribution is 2.39. The van der Waals surface area contributed by atoms with Gasteiger partial charge < -0.3 is 18.8 Å². The predicted molar refractivity (Wildman–Crippen MR) is 84.4 cm³/mol. The maximum Gasteiger partial charge on any atom is 0.499 e. The van der Waals surface area contributed by atoms with Crippen LogP contribution in [-0.4, -0.2) is 32.2 Å². The Morgan fingerprint density at radius 3 is 2.08 bits per heavy atom. The number of rotatable bonds is 4. The van der Waals surface area contributed by atoms with Crippen molar-refractivity contribution in [1.82, 2.24) is 0 Å². The van der Waals surface area contributed by atoms with E-state index in [1.165, 1.54) is 13.2 Å². The first kappa shape index (κ1) is 19.1. The van der Waals surface area contributed by atoms with Crippen molar-refractivity contribution in [3.05, 3.63) is 23.3 Å². The normalized spacial score (nSPS) is 19.6. The molecule has 0 amide bonds. The molecule has 1 aliphatic heterocycles. The highest BCUT2D eigenvalue weighted by atomic mass is 19.4. The van der Waals surface area contributed by atoms with Crippen LogP contribution < -0.4 is 10.2 Å². The average Bonchev–Trinajstić information content (AvgIpc) is 2.63. The second-order valence-electron chi connectivity index (χ2n) is 6.86. The molecule has 2 rings (SSSR count). The van der Waals surface area contributed by atoms with Crippen molar-refractivity contribution >= 4 is 12.6 Å². The van der Waals surface area contributed by atoms with Crippen molar-refractivity contribution in [2.75, 3.05) is 13.9 Å². The second kappa shape index (κ2) is 6.24. The molecule has 0 saturated carbocycles. The minimum atomic E-state index is -4.56. The third-order valence-corrected chi connectivity index (χ3v) is 4.41. The molecule has 1 fully saturated rings. The van der Waals surface area contributed by atoms with E-state index in [9.17, 15) is 13.2 Å². The van der Waals surface area contributed by atoms with Crippen LogP contribution in [0, 0.1) is 6.92 Å². The number of alkyl halides is 3. The molecule has 8 heteroatoms. The molecule has 1 heterocycles. The first-order valence-corrected chi connectivity index (χ1v) is 7.58. The van der Waals surface area contributed by atoms with Gasteiger partial charge in [0.25, 0.3) is 0 Å². The van der Waals surface area contributed by atoms with E-state index in [1.54, 1.807) is 34.6 Å². The van der Waals surface area contributed by atoms with Crippen LogP contribution in [0.25, 0.3) is 0 Å². The standard InChI is InChI=1S/C16H22BF3O4/c1-10-7-11(16(18,19)20)13(12(8-10)22-9-21-6)17-23-14(2,3)15(4,5)24-17/h7-8H,9H2,1-6H3. The summed E-state index contributed by atoms with van der Waals surface area (Å²) in [5, 5.41) is 0. The molecule has 0 radical (unpaired) electrons. The third kappa shape index (κ3) is 3.55. The largest absolute Gasteiger partial charge is 0.499 e. The molecule has 0 atom stereocenters. The maximum atomic E-state index is 13.6. The zero-order valence-corrected chi connectivity index (χ0v) is 14.7. The molecule has 1 aromatic carbocycles. The van der Waals surface area contributed by atoms with Gasteiger partial charge in [0, 0.05) is 12.6 Å². The first-order chi connectivity index (χ1) is 10.9. The van der Waals surface area contributed by atoms with Gasteiger partial charge >= 0.3 is 13.3 Å². The molecule has 24 heavy (non-hydrogen) atoms. The number of benzene rings is 1. The van der Waals surface area contributed by atoms with E-state index >= 15 is 0 Å². The topological polar surface area (TPSA) is 36.9 Å². The van der Waals surface area contributed by atoms with E-state index in [0.717, 1.165) is 6.07 Å². The van der Waals surface area contributed by atoms with Crippen molar-refractivity contribution < 1.29 is 32.0 Å². The van der Waals surface area contributed by atoms with E-state index in [1.807, 2.05) is 0 Å². The van der Waals surface area contributed by atoms with Gasteiger partial charge in [-0.2, -0.15) is 13.2 Å². The molecule has 0 aromatic heterocycles. The van der Waals surface area contributed by atoms with Crippen molar-refractivity contribution in [2.24, 2.45) is 0 Å². The monoisotopic (exact) mass is 346 g/mol. The van der Waals surface area contributed by atoms with Crippen LogP contribution in [0.4, 0.5) is 13.2 Å². The zero-order valence-electron chi connectivity index (χ0n) is 14.7. The summed E-state index contributed by atoms with van der Waals surface area (Å²) in [6, 6.07) is 2.59. The lowest BCUT2D eigenvalue weighted by atomic mass is 9.74. The van der Waals surface area contributed by atoms with Crippen LogP contribution in [0.2, 0.25) is 0 Å². The highest BCUT2D eigenvalue weighted by molar-refractivity contribution is 6.63. The van der Waals surface area contributed by atoms with Crippen molar-refractivity contribution in [2.45, 2.75) is 52.0 Å². The van der Waals surface area contributed by atoms with Gasteiger partial charge in [0.15, 0.2) is 6.79 Å². The van der Waals surface area contributed by atoms with Gasteiger partial charge in [-0.25, -0.2) is 0 Å². The summed E-state index contributed by atoms with van der Waals surface area (Å²) in [5.74, 6) is 0.0441. The molecule has 0 spiro atoms. The Kier molecular flexibility index (Phi) is 4.96. The lowest BCUT2D eigenvalue weighted by Crippen LogP contribution is -2.41. The predicted octanol–water partition coefficient (Wildman–Crippen LogP) is 3.30. The molecule has 1 aliphatic rings. The van der Waals surface area contributed by atoms with E-state index in [4.69, 9.17) is 18.8 Å². The van der Waals surface area contributed by atoms with E-state index in [2.05, 4.69) is 0 Å². The van der Waals surface area contributed by atoms with Gasteiger partial charge in [-0.15, -0.1) is 0 Å². The maximum absolute atomic E-state index is 13.6. The fraction of sp³-hybridized carbons (Fsp3) is 0.625. The Balaban J connectivity index is 2.58. The minimum absolute atomic E-state index is 0.0441. The Hall–Kier alpha value is -1.25. The van der Waals surface area contributed by atoms with Gasteiger partial charge in [-0.05, 0) is 52.3 Å². The minimum Gasteiger partial charge on any atom is -0.468 e. The third-order valence-electron chi connectivity index (χ3n) is 4.41. The summed E-state index contributed by atoms with van der Waals surface area (Å²) in [6.45, 7) is 8.53. The molecule has 0 bridgehead atoms. The second-order valence-corrected chi connectivity index (χ2v) is 6.86. The SMILES string of the molecule is COCOc1cc(C)cc(C(F)(F)F)c1B1OC(C)(C)C(C)(C)O1. The number of hydrogen-bond donors (Lipinski definition) is 0. The van der Waals surface area contributed by atoms with Gasteiger partial charge in [-0.1, -0.05) is 0 Å². The van der Waals surface area contributed by atoms with Crippen LogP contribution >= 0.6 is 0 Å². The Labute approximate surface area is 140 Å². The Bertz CT molecular complexity index is 598. The Morgan fingerprint density at radius 2 is 1.62 bits per heavy atom. The molecular weight excluding hydrogens is 324 g/mol. The van der Waals surface area contributed by atoms with Gasteiger partial charge in [0.2, 0.25) is 0 Å². The van der Waals surface area contributed by atoms with Crippen molar-refractivity contribution in [1.29, 1.82) is 0 Å². The zero-order chi connectivity index (χ0) is 18.3. The van der Waals surface area contributed by atoms with Crippen LogP contribution in [-0.2, 0) is 20.2 Å². The van der Waals surface area contributed by atoms with Crippen molar-refractivity contribution in [3.63, 3.8) is 0 Å². The lowest BCUT2D eigenvalue weighted by molar-refractivity contribution is -0.137. The molecule has 1 saturated heterocycles. The first-order valence-electron chi connectivity index (χ1n) is 7.58. The highest BCUT2D eigenvalue weighted by Gasteiger charge is 2.54. The fourth-order valence-electron chi connectivity index (χ4n) is 2.44. The quantitative estimate of drug-likeness (QED) is 0.619. The fourth-order valence-corrected chi connectivity index (χ4v) is 2.44. The summed E-state index contributed by atoms with van der Waals surface area (Å²) < 4.78 is 62.5. The van der Waals surface area contributed by atoms with Crippen LogP contribution in [0.3, 0.4) is 0 Å². The molecular formula is C16H22BF3O4. The summed E-state index contributed by atoms with van der Waals surface area (Å²) in [7, 11) is 0.216. The molecule has 134 valence electrons. The smallest absolute Gasteiger partial charge is 0.468 e. The van der Waals surface area contributed by atoms with Gasteiger partial charge in [0.1, 0.15) is 5.75 Å². The molecule has 0 unspecified atom stereocenters. The number of halogens is 3. The summed E-state index contributed by atoms with van der Waals surface area (Å²) in [4.78, 5) is 0. The van der Waals surface area contributed by atoms with E-state index < -0.39 is 30.1 Å². The molecule has 1 aromatic rings. The van der Waals surface area contributed by atoms with Gasteiger partial charge in [0.05, 0.1) is 16.8 Å². The molecule has 4 nitrogen and oxygen atoms in total. The molecule has 0 aliphatic carbocycles. The summed E-state index contributed by atoms with van der Waals surface area (Å²) in [6.07, 6.45) is -4.56.